The zero-order valence-electron chi connectivity index (χ0n) is 12.0. The summed E-state index contributed by atoms with van der Waals surface area (Å²) in [6.07, 6.45) is 0.0574. The lowest BCUT2D eigenvalue weighted by Crippen LogP contribution is -2.37. The zero-order valence-corrected chi connectivity index (χ0v) is 12.0. The van der Waals surface area contributed by atoms with Gasteiger partial charge in [0.05, 0.1) is 10.6 Å². The first-order valence-corrected chi connectivity index (χ1v) is 6.28. The fraction of sp³-hybridized carbons (Fsp3) is 0.462. The molecule has 0 saturated heterocycles. The van der Waals surface area contributed by atoms with E-state index in [1.165, 1.54) is 0 Å². The Bertz CT molecular complexity index is 556. The number of benzene rings is 1. The average Bonchev–Trinajstić information content (AvgIpc) is 2.30. The SMILES string of the molecule is CC(C)(C)NCCC(=O)Nc1cc([N+](=O)[O-])c(F)cc1F. The molecular weight excluding hydrogens is 284 g/mol. The summed E-state index contributed by atoms with van der Waals surface area (Å²) in [5.74, 6) is -2.87. The van der Waals surface area contributed by atoms with Crippen LogP contribution in [0.1, 0.15) is 27.2 Å². The van der Waals surface area contributed by atoms with Gasteiger partial charge >= 0.3 is 5.69 Å². The average molecular weight is 301 g/mol. The van der Waals surface area contributed by atoms with E-state index >= 15 is 0 Å². The minimum Gasteiger partial charge on any atom is -0.323 e. The fourth-order valence-electron chi connectivity index (χ4n) is 1.54. The lowest BCUT2D eigenvalue weighted by Gasteiger charge is -2.20. The van der Waals surface area contributed by atoms with Gasteiger partial charge in [0.25, 0.3) is 0 Å². The third-order valence-electron chi connectivity index (χ3n) is 2.51. The second-order valence-electron chi connectivity index (χ2n) is 5.52. The van der Waals surface area contributed by atoms with E-state index in [2.05, 4.69) is 10.6 Å². The zero-order chi connectivity index (χ0) is 16.2. The van der Waals surface area contributed by atoms with Gasteiger partial charge in [-0.2, -0.15) is 4.39 Å². The minimum atomic E-state index is -1.29. The third-order valence-corrected chi connectivity index (χ3v) is 2.51. The number of halogens is 2. The van der Waals surface area contributed by atoms with E-state index < -0.39 is 33.8 Å². The van der Waals surface area contributed by atoms with Gasteiger partial charge in [-0.05, 0) is 20.8 Å². The van der Waals surface area contributed by atoms with Crippen molar-refractivity contribution in [2.24, 2.45) is 0 Å². The Morgan fingerprint density at radius 3 is 2.43 bits per heavy atom. The molecule has 1 amide bonds. The van der Waals surface area contributed by atoms with Crippen molar-refractivity contribution in [2.75, 3.05) is 11.9 Å². The Balaban J connectivity index is 2.72. The summed E-state index contributed by atoms with van der Waals surface area (Å²) in [7, 11) is 0. The third kappa shape index (κ3) is 5.42. The first kappa shape index (κ1) is 17.0. The van der Waals surface area contributed by atoms with E-state index in [1.807, 2.05) is 20.8 Å². The summed E-state index contributed by atoms with van der Waals surface area (Å²) in [6.45, 7) is 6.13. The number of carbonyl (C=O) groups is 1. The monoisotopic (exact) mass is 301 g/mol. The molecule has 0 radical (unpaired) electrons. The van der Waals surface area contributed by atoms with Crippen molar-refractivity contribution in [1.82, 2.24) is 5.32 Å². The van der Waals surface area contributed by atoms with Gasteiger partial charge in [-0.3, -0.25) is 14.9 Å². The van der Waals surface area contributed by atoms with Crippen molar-refractivity contribution < 1.29 is 18.5 Å². The number of nitro groups is 1. The summed E-state index contributed by atoms with van der Waals surface area (Å²) < 4.78 is 26.6. The molecule has 6 nitrogen and oxygen atoms in total. The highest BCUT2D eigenvalue weighted by molar-refractivity contribution is 5.91. The normalized spacial score (nSPS) is 11.3. The molecule has 0 aromatic heterocycles. The summed E-state index contributed by atoms with van der Waals surface area (Å²) in [5.41, 5.74) is -1.47. The minimum absolute atomic E-state index is 0.0574. The van der Waals surface area contributed by atoms with Crippen LogP contribution in [0.2, 0.25) is 0 Å². The summed E-state index contributed by atoms with van der Waals surface area (Å²) in [5, 5.41) is 15.8. The molecule has 0 fully saturated rings. The van der Waals surface area contributed by atoms with Crippen LogP contribution in [-0.2, 0) is 4.79 Å². The van der Waals surface area contributed by atoms with Crippen molar-refractivity contribution in [3.63, 3.8) is 0 Å². The standard InChI is InChI=1S/C13H17F2N3O3/c1-13(2,3)16-5-4-12(19)17-10-7-11(18(20)21)9(15)6-8(10)14/h6-7,16H,4-5H2,1-3H3,(H,17,19). The molecule has 21 heavy (non-hydrogen) atoms. The molecule has 2 N–H and O–H groups in total. The van der Waals surface area contributed by atoms with Crippen LogP contribution in [-0.4, -0.2) is 22.9 Å². The predicted octanol–water partition coefficient (Wildman–Crippen LogP) is 2.59. The van der Waals surface area contributed by atoms with Crippen LogP contribution in [0.15, 0.2) is 12.1 Å². The van der Waals surface area contributed by atoms with E-state index in [1.54, 1.807) is 0 Å². The molecule has 0 heterocycles. The topological polar surface area (TPSA) is 84.3 Å². The van der Waals surface area contributed by atoms with Crippen molar-refractivity contribution >= 4 is 17.3 Å². The molecular formula is C13H17F2N3O3. The van der Waals surface area contributed by atoms with Gasteiger partial charge in [0.15, 0.2) is 0 Å². The molecule has 0 aliphatic carbocycles. The molecule has 0 aliphatic heterocycles. The van der Waals surface area contributed by atoms with Gasteiger partial charge in [-0.25, -0.2) is 4.39 Å². The number of nitrogens with one attached hydrogen (secondary N) is 2. The maximum Gasteiger partial charge on any atom is 0.307 e. The highest BCUT2D eigenvalue weighted by Crippen LogP contribution is 2.25. The number of amides is 1. The molecule has 1 aromatic carbocycles. The largest absolute Gasteiger partial charge is 0.323 e. The van der Waals surface area contributed by atoms with E-state index in [-0.39, 0.29) is 12.0 Å². The molecule has 0 bridgehead atoms. The lowest BCUT2D eigenvalue weighted by atomic mass is 10.1. The Morgan fingerprint density at radius 2 is 1.90 bits per heavy atom. The van der Waals surface area contributed by atoms with Crippen LogP contribution in [0.4, 0.5) is 20.2 Å². The predicted molar refractivity (Wildman–Crippen MR) is 74.0 cm³/mol. The van der Waals surface area contributed by atoms with Gasteiger partial charge in [0.1, 0.15) is 5.82 Å². The van der Waals surface area contributed by atoms with E-state index in [0.29, 0.717) is 18.7 Å². The van der Waals surface area contributed by atoms with Gasteiger partial charge < -0.3 is 10.6 Å². The van der Waals surface area contributed by atoms with E-state index in [9.17, 15) is 23.7 Å². The molecule has 0 saturated carbocycles. The van der Waals surface area contributed by atoms with Crippen molar-refractivity contribution in [3.05, 3.63) is 33.9 Å². The van der Waals surface area contributed by atoms with Gasteiger partial charge in [0.2, 0.25) is 11.7 Å². The molecule has 0 unspecified atom stereocenters. The summed E-state index contributed by atoms with van der Waals surface area (Å²) >= 11 is 0. The number of carbonyl (C=O) groups excluding carboxylic acids is 1. The Hall–Kier alpha value is -2.09. The molecule has 0 spiro atoms. The van der Waals surface area contributed by atoms with Crippen LogP contribution in [0.25, 0.3) is 0 Å². The van der Waals surface area contributed by atoms with Crippen LogP contribution in [0, 0.1) is 21.7 Å². The molecule has 0 aliphatic rings. The number of hydrogen-bond donors (Lipinski definition) is 2. The van der Waals surface area contributed by atoms with Crippen molar-refractivity contribution in [1.29, 1.82) is 0 Å². The van der Waals surface area contributed by atoms with Crippen LogP contribution in [0.3, 0.4) is 0 Å². The molecule has 116 valence electrons. The second-order valence-corrected chi connectivity index (χ2v) is 5.52. The van der Waals surface area contributed by atoms with Gasteiger partial charge in [-0.15, -0.1) is 0 Å². The highest BCUT2D eigenvalue weighted by Gasteiger charge is 2.19. The van der Waals surface area contributed by atoms with Crippen molar-refractivity contribution in [3.8, 4) is 0 Å². The summed E-state index contributed by atoms with van der Waals surface area (Å²) in [4.78, 5) is 21.2. The van der Waals surface area contributed by atoms with Crippen LogP contribution >= 0.6 is 0 Å². The second kappa shape index (κ2) is 6.57. The van der Waals surface area contributed by atoms with Crippen molar-refractivity contribution in [2.45, 2.75) is 32.7 Å². The molecule has 1 rings (SSSR count). The Labute approximate surface area is 120 Å². The number of hydrogen-bond acceptors (Lipinski definition) is 4. The molecule has 0 atom stereocenters. The lowest BCUT2D eigenvalue weighted by molar-refractivity contribution is -0.387. The number of anilines is 1. The maximum atomic E-state index is 13.5. The van der Waals surface area contributed by atoms with Gasteiger partial charge in [0, 0.05) is 30.6 Å². The Morgan fingerprint density at radius 1 is 1.29 bits per heavy atom. The summed E-state index contributed by atoms with van der Waals surface area (Å²) in [6, 6.07) is 1.04. The van der Waals surface area contributed by atoms with E-state index in [4.69, 9.17) is 0 Å². The quantitative estimate of drug-likeness (QED) is 0.646. The fourth-order valence-corrected chi connectivity index (χ4v) is 1.54. The Kier molecular flexibility index (Phi) is 5.31. The number of nitro benzene ring substituents is 1. The first-order valence-electron chi connectivity index (χ1n) is 6.28. The number of rotatable bonds is 5. The van der Waals surface area contributed by atoms with Crippen LogP contribution < -0.4 is 10.6 Å². The highest BCUT2D eigenvalue weighted by atomic mass is 19.1. The maximum absolute atomic E-state index is 13.5. The molecule has 8 heteroatoms. The van der Waals surface area contributed by atoms with Crippen LogP contribution in [0.5, 0.6) is 0 Å². The van der Waals surface area contributed by atoms with E-state index in [0.717, 1.165) is 0 Å². The smallest absolute Gasteiger partial charge is 0.307 e. The molecule has 1 aromatic rings. The van der Waals surface area contributed by atoms with Gasteiger partial charge in [-0.1, -0.05) is 0 Å². The number of nitrogens with zero attached hydrogens (tertiary/aromatic N) is 1. The first-order chi connectivity index (χ1) is 9.60.